The van der Waals surface area contributed by atoms with Gasteiger partial charge in [0.05, 0.1) is 15.9 Å². The predicted molar refractivity (Wildman–Crippen MR) is 81.6 cm³/mol. The predicted octanol–water partition coefficient (Wildman–Crippen LogP) is 0.817. The number of hydrogen-bond donors (Lipinski definition) is 4. The van der Waals surface area contributed by atoms with Crippen molar-refractivity contribution in [2.24, 2.45) is 5.73 Å². The first-order valence-corrected chi connectivity index (χ1v) is 6.68. The lowest BCUT2D eigenvalue weighted by Crippen LogP contribution is -2.33. The number of carbonyl (C=O) groups is 2. The second-order valence-electron chi connectivity index (χ2n) is 4.68. The first-order valence-electron chi connectivity index (χ1n) is 6.68. The summed E-state index contributed by atoms with van der Waals surface area (Å²) in [5.74, 6) is -1.26. The SMILES string of the molecule is NC(=O)NCCC[C@H](Nc1ccc([N+](=O)[O-])cc1[N+](=O)[O-])C(=O)O. The van der Waals surface area contributed by atoms with Gasteiger partial charge in [0, 0.05) is 12.6 Å². The number of nitro groups is 2. The van der Waals surface area contributed by atoms with Crippen LogP contribution in [0.1, 0.15) is 12.8 Å². The molecule has 5 N–H and O–H groups in total. The minimum Gasteiger partial charge on any atom is -0.480 e. The van der Waals surface area contributed by atoms with E-state index in [-0.39, 0.29) is 25.1 Å². The summed E-state index contributed by atoms with van der Waals surface area (Å²) in [5.41, 5.74) is 3.63. The molecule has 0 aromatic heterocycles. The number of nitrogens with two attached hydrogens (primary N) is 1. The number of benzene rings is 1. The number of non-ortho nitro benzene ring substituents is 1. The average molecular weight is 341 g/mol. The van der Waals surface area contributed by atoms with Gasteiger partial charge in [0.1, 0.15) is 11.7 Å². The van der Waals surface area contributed by atoms with Crippen molar-refractivity contribution in [2.45, 2.75) is 18.9 Å². The standard InChI is InChI=1S/C12H15N5O7/c13-12(20)14-5-1-2-9(11(18)19)15-8-4-3-7(16(21)22)6-10(8)17(23)24/h3-4,6,9,15H,1-2,5H2,(H,18,19)(H3,13,14,20)/t9-/m0/s1. The van der Waals surface area contributed by atoms with Gasteiger partial charge in [0.2, 0.25) is 0 Å². The van der Waals surface area contributed by atoms with Gasteiger partial charge in [-0.2, -0.15) is 0 Å². The van der Waals surface area contributed by atoms with E-state index < -0.39 is 39.3 Å². The Bertz CT molecular complexity index is 663. The molecule has 24 heavy (non-hydrogen) atoms. The summed E-state index contributed by atoms with van der Waals surface area (Å²) >= 11 is 0. The normalized spacial score (nSPS) is 11.3. The first-order chi connectivity index (χ1) is 11.2. The van der Waals surface area contributed by atoms with Crippen molar-refractivity contribution < 1.29 is 24.5 Å². The second kappa shape index (κ2) is 8.26. The van der Waals surface area contributed by atoms with E-state index >= 15 is 0 Å². The van der Waals surface area contributed by atoms with Crippen LogP contribution in [0, 0.1) is 20.2 Å². The van der Waals surface area contributed by atoms with Crippen molar-refractivity contribution in [3.05, 3.63) is 38.4 Å². The molecular formula is C12H15N5O7. The number of carboxylic acids is 1. The van der Waals surface area contributed by atoms with Gasteiger partial charge in [-0.25, -0.2) is 9.59 Å². The molecule has 1 aromatic rings. The van der Waals surface area contributed by atoms with E-state index in [0.717, 1.165) is 18.2 Å². The molecule has 0 saturated carbocycles. The number of urea groups is 1. The Hall–Kier alpha value is -3.44. The molecule has 0 bridgehead atoms. The third kappa shape index (κ3) is 5.40. The molecule has 0 radical (unpaired) electrons. The molecule has 0 aliphatic carbocycles. The van der Waals surface area contributed by atoms with E-state index in [1.54, 1.807) is 0 Å². The van der Waals surface area contributed by atoms with E-state index in [9.17, 15) is 29.8 Å². The number of carboxylic acid groups (broad SMARTS) is 1. The van der Waals surface area contributed by atoms with Gasteiger partial charge in [0.25, 0.3) is 11.4 Å². The lowest BCUT2D eigenvalue weighted by molar-refractivity contribution is -0.393. The summed E-state index contributed by atoms with van der Waals surface area (Å²) in [6.07, 6.45) is 0.303. The van der Waals surface area contributed by atoms with Gasteiger partial charge >= 0.3 is 12.0 Å². The fourth-order valence-electron chi connectivity index (χ4n) is 1.87. The third-order valence-electron chi connectivity index (χ3n) is 2.99. The van der Waals surface area contributed by atoms with E-state index in [2.05, 4.69) is 10.6 Å². The highest BCUT2D eigenvalue weighted by molar-refractivity contribution is 5.79. The molecule has 0 spiro atoms. The van der Waals surface area contributed by atoms with E-state index in [1.807, 2.05) is 0 Å². The largest absolute Gasteiger partial charge is 0.480 e. The zero-order chi connectivity index (χ0) is 18.3. The van der Waals surface area contributed by atoms with Crippen LogP contribution < -0.4 is 16.4 Å². The molecule has 0 aliphatic rings. The van der Waals surface area contributed by atoms with Crippen LogP contribution in [0.2, 0.25) is 0 Å². The summed E-state index contributed by atoms with van der Waals surface area (Å²) in [7, 11) is 0. The molecule has 0 saturated heterocycles. The van der Waals surface area contributed by atoms with Crippen LogP contribution in [0.5, 0.6) is 0 Å². The molecular weight excluding hydrogens is 326 g/mol. The zero-order valence-electron chi connectivity index (χ0n) is 12.3. The van der Waals surface area contributed by atoms with Gasteiger partial charge in [-0.05, 0) is 18.9 Å². The molecule has 130 valence electrons. The minimum atomic E-state index is -1.26. The maximum atomic E-state index is 11.2. The van der Waals surface area contributed by atoms with Crippen LogP contribution in [-0.4, -0.2) is 39.5 Å². The van der Waals surface area contributed by atoms with Crippen LogP contribution in [0.3, 0.4) is 0 Å². The Balaban J connectivity index is 2.89. The Morgan fingerprint density at radius 3 is 2.42 bits per heavy atom. The number of nitrogens with one attached hydrogen (secondary N) is 2. The van der Waals surface area contributed by atoms with Crippen LogP contribution in [0.25, 0.3) is 0 Å². The van der Waals surface area contributed by atoms with E-state index in [0.29, 0.717) is 0 Å². The van der Waals surface area contributed by atoms with E-state index in [4.69, 9.17) is 10.8 Å². The summed E-state index contributed by atoms with van der Waals surface area (Å²) in [4.78, 5) is 41.8. The number of hydrogen-bond acceptors (Lipinski definition) is 7. The zero-order valence-corrected chi connectivity index (χ0v) is 12.3. The number of nitrogens with zero attached hydrogens (tertiary/aromatic N) is 2. The molecule has 12 nitrogen and oxygen atoms in total. The fraction of sp³-hybridized carbons (Fsp3) is 0.333. The maximum Gasteiger partial charge on any atom is 0.326 e. The lowest BCUT2D eigenvalue weighted by Gasteiger charge is -2.15. The Kier molecular flexibility index (Phi) is 6.40. The van der Waals surface area contributed by atoms with Crippen molar-refractivity contribution in [3.63, 3.8) is 0 Å². The van der Waals surface area contributed by atoms with Gasteiger partial charge in [-0.1, -0.05) is 0 Å². The topological polar surface area (TPSA) is 191 Å². The molecule has 1 rings (SSSR count). The van der Waals surface area contributed by atoms with Crippen LogP contribution in [-0.2, 0) is 4.79 Å². The first kappa shape index (κ1) is 18.6. The second-order valence-corrected chi connectivity index (χ2v) is 4.68. The Morgan fingerprint density at radius 2 is 1.92 bits per heavy atom. The van der Waals surface area contributed by atoms with Crippen molar-refractivity contribution >= 4 is 29.1 Å². The summed E-state index contributed by atoms with van der Waals surface area (Å²) in [6.45, 7) is 0.142. The summed E-state index contributed by atoms with van der Waals surface area (Å²) in [6, 6.07) is 0.924. The smallest absolute Gasteiger partial charge is 0.326 e. The molecule has 1 atom stereocenters. The number of carbonyl (C=O) groups excluding carboxylic acids is 1. The number of anilines is 1. The highest BCUT2D eigenvalue weighted by atomic mass is 16.6. The Labute approximate surface area is 134 Å². The summed E-state index contributed by atoms with van der Waals surface area (Å²) in [5, 5.41) is 35.6. The third-order valence-corrected chi connectivity index (χ3v) is 2.99. The monoisotopic (exact) mass is 341 g/mol. The van der Waals surface area contributed by atoms with Crippen molar-refractivity contribution in [3.8, 4) is 0 Å². The van der Waals surface area contributed by atoms with Gasteiger partial charge in [-0.3, -0.25) is 20.2 Å². The lowest BCUT2D eigenvalue weighted by atomic mass is 10.1. The summed E-state index contributed by atoms with van der Waals surface area (Å²) < 4.78 is 0. The molecule has 1 aromatic carbocycles. The number of nitro benzene ring substituents is 2. The molecule has 0 fully saturated rings. The highest BCUT2D eigenvalue weighted by Gasteiger charge is 2.24. The molecule has 0 unspecified atom stereocenters. The average Bonchev–Trinajstić information content (AvgIpc) is 2.49. The molecule has 2 amide bonds. The molecule has 0 heterocycles. The van der Waals surface area contributed by atoms with Gasteiger partial charge < -0.3 is 21.5 Å². The van der Waals surface area contributed by atoms with Crippen LogP contribution in [0.15, 0.2) is 18.2 Å². The maximum absolute atomic E-state index is 11.2. The van der Waals surface area contributed by atoms with Crippen molar-refractivity contribution in [1.29, 1.82) is 0 Å². The molecule has 0 aliphatic heterocycles. The minimum absolute atomic E-state index is 0.0454. The van der Waals surface area contributed by atoms with Crippen LogP contribution >= 0.6 is 0 Å². The van der Waals surface area contributed by atoms with Gasteiger partial charge in [-0.15, -0.1) is 0 Å². The fourth-order valence-corrected chi connectivity index (χ4v) is 1.87. The number of primary amides is 1. The van der Waals surface area contributed by atoms with Gasteiger partial charge in [0.15, 0.2) is 0 Å². The number of rotatable bonds is 9. The number of amides is 2. The van der Waals surface area contributed by atoms with Crippen molar-refractivity contribution in [1.82, 2.24) is 5.32 Å². The number of aliphatic carboxylic acids is 1. The quantitative estimate of drug-likeness (QED) is 0.288. The van der Waals surface area contributed by atoms with Crippen LogP contribution in [0.4, 0.5) is 21.9 Å². The molecule has 12 heteroatoms. The highest BCUT2D eigenvalue weighted by Crippen LogP contribution is 2.29. The van der Waals surface area contributed by atoms with E-state index in [1.165, 1.54) is 0 Å². The Morgan fingerprint density at radius 1 is 1.25 bits per heavy atom. The van der Waals surface area contributed by atoms with Crippen molar-refractivity contribution in [2.75, 3.05) is 11.9 Å².